The normalized spacial score (nSPS) is 13.1. The lowest BCUT2D eigenvalue weighted by Crippen LogP contribution is -2.25. The van der Waals surface area contributed by atoms with E-state index in [-0.39, 0.29) is 0 Å². The first-order valence-corrected chi connectivity index (χ1v) is 5.45. The third-order valence-corrected chi connectivity index (χ3v) is 2.35. The SMILES string of the molecule is CCNC(C)CCCn1ccc(C)n1. The van der Waals surface area contributed by atoms with Crippen LogP contribution in [0.5, 0.6) is 0 Å². The number of hydrogen-bond donors (Lipinski definition) is 1. The molecule has 0 saturated carbocycles. The van der Waals surface area contributed by atoms with Crippen LogP contribution in [0.15, 0.2) is 12.3 Å². The molecule has 0 spiro atoms. The van der Waals surface area contributed by atoms with Crippen LogP contribution in [0.25, 0.3) is 0 Å². The zero-order chi connectivity index (χ0) is 10.4. The zero-order valence-corrected chi connectivity index (χ0v) is 9.45. The maximum atomic E-state index is 4.35. The smallest absolute Gasteiger partial charge is 0.0593 e. The van der Waals surface area contributed by atoms with Gasteiger partial charge in [0.15, 0.2) is 0 Å². The van der Waals surface area contributed by atoms with Crippen LogP contribution in [0.1, 0.15) is 32.4 Å². The third-order valence-electron chi connectivity index (χ3n) is 2.35. The number of aryl methyl sites for hydroxylation is 2. The standard InChI is InChI=1S/C11H21N3/c1-4-12-10(2)6-5-8-14-9-7-11(3)13-14/h7,9-10,12H,4-6,8H2,1-3H3. The number of nitrogens with zero attached hydrogens (tertiary/aromatic N) is 2. The Hall–Kier alpha value is -0.830. The van der Waals surface area contributed by atoms with E-state index in [1.54, 1.807) is 0 Å². The van der Waals surface area contributed by atoms with Gasteiger partial charge in [-0.1, -0.05) is 6.92 Å². The molecule has 1 aromatic rings. The highest BCUT2D eigenvalue weighted by Gasteiger charge is 1.99. The molecule has 1 N–H and O–H groups in total. The van der Waals surface area contributed by atoms with E-state index < -0.39 is 0 Å². The van der Waals surface area contributed by atoms with Crippen LogP contribution in [-0.2, 0) is 6.54 Å². The molecule has 0 aliphatic rings. The van der Waals surface area contributed by atoms with Gasteiger partial charge in [0.05, 0.1) is 5.69 Å². The van der Waals surface area contributed by atoms with Crippen LogP contribution in [0, 0.1) is 6.92 Å². The molecule has 1 atom stereocenters. The summed E-state index contributed by atoms with van der Waals surface area (Å²) in [5.74, 6) is 0. The zero-order valence-electron chi connectivity index (χ0n) is 9.45. The third kappa shape index (κ3) is 3.92. The topological polar surface area (TPSA) is 29.9 Å². The van der Waals surface area contributed by atoms with Crippen molar-refractivity contribution in [3.63, 3.8) is 0 Å². The molecule has 0 aliphatic heterocycles. The highest BCUT2D eigenvalue weighted by Crippen LogP contribution is 2.00. The lowest BCUT2D eigenvalue weighted by atomic mass is 10.2. The van der Waals surface area contributed by atoms with Crippen LogP contribution < -0.4 is 5.32 Å². The van der Waals surface area contributed by atoms with Crippen molar-refractivity contribution in [1.82, 2.24) is 15.1 Å². The summed E-state index contributed by atoms with van der Waals surface area (Å²) in [6.07, 6.45) is 4.45. The fourth-order valence-corrected chi connectivity index (χ4v) is 1.60. The van der Waals surface area contributed by atoms with Crippen molar-refractivity contribution in [2.45, 2.75) is 46.2 Å². The van der Waals surface area contributed by atoms with Crippen LogP contribution in [-0.4, -0.2) is 22.4 Å². The largest absolute Gasteiger partial charge is 0.315 e. The molecule has 0 saturated heterocycles. The second-order valence-corrected chi connectivity index (χ2v) is 3.82. The Balaban J connectivity index is 2.15. The van der Waals surface area contributed by atoms with Crippen molar-refractivity contribution in [2.75, 3.05) is 6.54 Å². The molecule has 0 fully saturated rings. The van der Waals surface area contributed by atoms with Crippen molar-refractivity contribution in [1.29, 1.82) is 0 Å². The fourth-order valence-electron chi connectivity index (χ4n) is 1.60. The minimum atomic E-state index is 0.622. The van der Waals surface area contributed by atoms with Crippen molar-refractivity contribution >= 4 is 0 Å². The summed E-state index contributed by atoms with van der Waals surface area (Å²) in [7, 11) is 0. The first kappa shape index (κ1) is 11.2. The Bertz CT molecular complexity index is 255. The van der Waals surface area contributed by atoms with Gasteiger partial charge in [-0.25, -0.2) is 0 Å². The van der Waals surface area contributed by atoms with Crippen molar-refractivity contribution in [3.05, 3.63) is 18.0 Å². The fraction of sp³-hybridized carbons (Fsp3) is 0.727. The lowest BCUT2D eigenvalue weighted by Gasteiger charge is -2.11. The van der Waals surface area contributed by atoms with Gasteiger partial charge in [0.25, 0.3) is 0 Å². The molecule has 0 aromatic carbocycles. The van der Waals surface area contributed by atoms with Gasteiger partial charge >= 0.3 is 0 Å². The van der Waals surface area contributed by atoms with Gasteiger partial charge in [0, 0.05) is 18.8 Å². The maximum absolute atomic E-state index is 4.35. The number of rotatable bonds is 6. The second-order valence-electron chi connectivity index (χ2n) is 3.82. The number of aromatic nitrogens is 2. The van der Waals surface area contributed by atoms with E-state index >= 15 is 0 Å². The molecule has 0 radical (unpaired) electrons. The van der Waals surface area contributed by atoms with Crippen molar-refractivity contribution in [2.24, 2.45) is 0 Å². The number of nitrogens with one attached hydrogen (secondary N) is 1. The van der Waals surface area contributed by atoms with E-state index in [0.29, 0.717) is 6.04 Å². The summed E-state index contributed by atoms with van der Waals surface area (Å²) >= 11 is 0. The van der Waals surface area contributed by atoms with Gasteiger partial charge in [-0.05, 0) is 39.3 Å². The first-order chi connectivity index (χ1) is 6.72. The van der Waals surface area contributed by atoms with Gasteiger partial charge < -0.3 is 5.32 Å². The van der Waals surface area contributed by atoms with Crippen molar-refractivity contribution < 1.29 is 0 Å². The van der Waals surface area contributed by atoms with E-state index in [4.69, 9.17) is 0 Å². The molecule has 14 heavy (non-hydrogen) atoms. The van der Waals surface area contributed by atoms with E-state index in [1.807, 2.05) is 23.9 Å². The van der Waals surface area contributed by atoms with Crippen LogP contribution in [0.3, 0.4) is 0 Å². The predicted molar refractivity (Wildman–Crippen MR) is 59.3 cm³/mol. The summed E-state index contributed by atoms with van der Waals surface area (Å²) in [6, 6.07) is 2.67. The molecule has 3 heteroatoms. The van der Waals surface area contributed by atoms with Crippen LogP contribution in [0.4, 0.5) is 0 Å². The van der Waals surface area contributed by atoms with Crippen LogP contribution >= 0.6 is 0 Å². The summed E-state index contributed by atoms with van der Waals surface area (Å²) in [5.41, 5.74) is 1.10. The first-order valence-electron chi connectivity index (χ1n) is 5.45. The van der Waals surface area contributed by atoms with Crippen LogP contribution in [0.2, 0.25) is 0 Å². The number of hydrogen-bond acceptors (Lipinski definition) is 2. The Morgan fingerprint density at radius 2 is 2.36 bits per heavy atom. The summed E-state index contributed by atoms with van der Waals surface area (Å²) in [6.45, 7) is 8.49. The van der Waals surface area contributed by atoms with E-state index in [0.717, 1.165) is 18.8 Å². The molecule has 1 aromatic heterocycles. The summed E-state index contributed by atoms with van der Waals surface area (Å²) in [5, 5.41) is 7.76. The average molecular weight is 195 g/mol. The van der Waals surface area contributed by atoms with Gasteiger partial charge in [-0.15, -0.1) is 0 Å². The Kier molecular flexibility index (Phi) is 4.66. The summed E-state index contributed by atoms with van der Waals surface area (Å²) < 4.78 is 2.02. The Morgan fingerprint density at radius 3 is 2.93 bits per heavy atom. The lowest BCUT2D eigenvalue weighted by molar-refractivity contribution is 0.471. The minimum Gasteiger partial charge on any atom is -0.315 e. The Labute approximate surface area is 86.5 Å². The second kappa shape index (κ2) is 5.81. The average Bonchev–Trinajstić information content (AvgIpc) is 2.52. The van der Waals surface area contributed by atoms with E-state index in [9.17, 15) is 0 Å². The minimum absolute atomic E-state index is 0.622. The highest BCUT2D eigenvalue weighted by molar-refractivity contribution is 4.94. The van der Waals surface area contributed by atoms with Gasteiger partial charge in [0.2, 0.25) is 0 Å². The molecule has 80 valence electrons. The van der Waals surface area contributed by atoms with Gasteiger partial charge in [-0.2, -0.15) is 5.10 Å². The van der Waals surface area contributed by atoms with E-state index in [2.05, 4.69) is 24.3 Å². The quantitative estimate of drug-likeness (QED) is 0.752. The van der Waals surface area contributed by atoms with Gasteiger partial charge in [0.1, 0.15) is 0 Å². The van der Waals surface area contributed by atoms with E-state index in [1.165, 1.54) is 12.8 Å². The predicted octanol–water partition coefficient (Wildman–Crippen LogP) is 1.97. The van der Waals surface area contributed by atoms with Gasteiger partial charge in [-0.3, -0.25) is 4.68 Å². The molecular formula is C11H21N3. The monoisotopic (exact) mass is 195 g/mol. The highest BCUT2D eigenvalue weighted by atomic mass is 15.3. The summed E-state index contributed by atoms with van der Waals surface area (Å²) in [4.78, 5) is 0. The molecule has 3 nitrogen and oxygen atoms in total. The maximum Gasteiger partial charge on any atom is 0.0593 e. The van der Waals surface area contributed by atoms with Crippen molar-refractivity contribution in [3.8, 4) is 0 Å². The molecule has 1 unspecified atom stereocenters. The molecule has 1 heterocycles. The molecule has 0 bridgehead atoms. The Morgan fingerprint density at radius 1 is 1.57 bits per heavy atom. The molecule has 1 rings (SSSR count). The molecule has 0 aliphatic carbocycles. The molecule has 0 amide bonds. The molecular weight excluding hydrogens is 174 g/mol.